The van der Waals surface area contributed by atoms with E-state index in [1.165, 1.54) is 11.3 Å². The topological polar surface area (TPSA) is 68.0 Å². The highest BCUT2D eigenvalue weighted by Crippen LogP contribution is 2.34. The Hall–Kier alpha value is -2.40. The van der Waals surface area contributed by atoms with Crippen molar-refractivity contribution in [2.45, 2.75) is 34.1 Å². The Morgan fingerprint density at radius 3 is 2.52 bits per heavy atom. The third-order valence-electron chi connectivity index (χ3n) is 4.19. The molecule has 1 aromatic carbocycles. The number of hydrogen-bond donors (Lipinski definition) is 2. The van der Waals surface area contributed by atoms with Crippen LogP contribution in [-0.4, -0.2) is 10.9 Å². The van der Waals surface area contributed by atoms with Gasteiger partial charge >= 0.3 is 0 Å². The maximum atomic E-state index is 12.8. The monoisotopic (exact) mass is 353 g/mol. The van der Waals surface area contributed by atoms with Crippen LogP contribution in [0.5, 0.6) is 0 Å². The molecular weight excluding hydrogens is 330 g/mol. The molecule has 3 aromatic rings. The average molecular weight is 353 g/mol. The van der Waals surface area contributed by atoms with Crippen LogP contribution in [0.15, 0.2) is 30.3 Å². The smallest absolute Gasteiger partial charge is 0.267 e. The molecule has 0 saturated heterocycles. The van der Waals surface area contributed by atoms with Crippen molar-refractivity contribution < 1.29 is 4.79 Å². The van der Waals surface area contributed by atoms with E-state index in [1.807, 2.05) is 44.2 Å². The van der Waals surface area contributed by atoms with Gasteiger partial charge in [-0.3, -0.25) is 4.79 Å². The minimum absolute atomic E-state index is 0.177. The largest absolute Gasteiger partial charge is 0.397 e. The van der Waals surface area contributed by atoms with E-state index in [1.54, 1.807) is 0 Å². The molecule has 0 unspecified atom stereocenters. The van der Waals surface area contributed by atoms with Gasteiger partial charge < -0.3 is 11.1 Å². The summed E-state index contributed by atoms with van der Waals surface area (Å²) in [7, 11) is 0. The number of aryl methyl sites for hydroxylation is 2. The molecule has 130 valence electrons. The van der Waals surface area contributed by atoms with Gasteiger partial charge in [-0.15, -0.1) is 11.3 Å². The predicted octanol–water partition coefficient (Wildman–Crippen LogP) is 4.95. The molecule has 0 aliphatic rings. The summed E-state index contributed by atoms with van der Waals surface area (Å²) < 4.78 is 0. The van der Waals surface area contributed by atoms with E-state index in [4.69, 9.17) is 5.73 Å². The number of nitrogens with one attached hydrogen (secondary N) is 1. The molecule has 5 heteroatoms. The van der Waals surface area contributed by atoms with Crippen molar-refractivity contribution in [2.24, 2.45) is 5.92 Å². The molecule has 2 aromatic heterocycles. The van der Waals surface area contributed by atoms with Crippen molar-refractivity contribution >= 4 is 38.8 Å². The summed E-state index contributed by atoms with van der Waals surface area (Å²) >= 11 is 1.36. The van der Waals surface area contributed by atoms with Gasteiger partial charge in [0.1, 0.15) is 9.71 Å². The summed E-state index contributed by atoms with van der Waals surface area (Å²) in [5.74, 6) is 0.359. The van der Waals surface area contributed by atoms with Crippen LogP contribution in [0, 0.1) is 19.8 Å². The van der Waals surface area contributed by atoms with Crippen molar-refractivity contribution in [3.63, 3.8) is 0 Å². The molecule has 0 aliphatic carbocycles. The van der Waals surface area contributed by atoms with Crippen LogP contribution in [0.25, 0.3) is 10.2 Å². The molecule has 0 aliphatic heterocycles. The first-order valence-corrected chi connectivity index (χ1v) is 9.24. The average Bonchev–Trinajstić information content (AvgIpc) is 2.87. The zero-order valence-electron chi connectivity index (χ0n) is 15.0. The molecule has 0 atom stereocenters. The van der Waals surface area contributed by atoms with Gasteiger partial charge in [-0.2, -0.15) is 0 Å². The number of benzene rings is 1. The van der Waals surface area contributed by atoms with Gasteiger partial charge in [0.2, 0.25) is 0 Å². The first kappa shape index (κ1) is 17.4. The van der Waals surface area contributed by atoms with E-state index in [0.717, 1.165) is 39.1 Å². The SMILES string of the molecule is Cc1cccc(C)c1NC(=O)c1sc2nc(CC(C)C)ccc2c1N. The molecule has 0 radical (unpaired) electrons. The number of thiophene rings is 1. The van der Waals surface area contributed by atoms with Crippen LogP contribution in [0.2, 0.25) is 0 Å². The summed E-state index contributed by atoms with van der Waals surface area (Å²) in [6, 6.07) is 9.92. The second-order valence-corrected chi connectivity index (χ2v) is 7.82. The lowest BCUT2D eigenvalue weighted by Crippen LogP contribution is -2.13. The summed E-state index contributed by atoms with van der Waals surface area (Å²) in [4.78, 5) is 18.8. The third kappa shape index (κ3) is 3.51. The van der Waals surface area contributed by atoms with Gasteiger partial charge in [0.25, 0.3) is 5.91 Å². The van der Waals surface area contributed by atoms with Crippen molar-refractivity contribution in [2.75, 3.05) is 11.1 Å². The number of rotatable bonds is 4. The van der Waals surface area contributed by atoms with Crippen molar-refractivity contribution in [1.82, 2.24) is 4.98 Å². The fourth-order valence-electron chi connectivity index (χ4n) is 2.92. The summed E-state index contributed by atoms with van der Waals surface area (Å²) in [6.07, 6.45) is 0.914. The van der Waals surface area contributed by atoms with Gasteiger partial charge in [0.05, 0.1) is 5.69 Å². The molecule has 2 heterocycles. The number of nitrogens with two attached hydrogens (primary N) is 1. The van der Waals surface area contributed by atoms with Crippen molar-refractivity contribution in [3.8, 4) is 0 Å². The normalized spacial score (nSPS) is 11.2. The summed E-state index contributed by atoms with van der Waals surface area (Å²) in [6.45, 7) is 8.30. The molecule has 0 spiro atoms. The second-order valence-electron chi connectivity index (χ2n) is 6.82. The van der Waals surface area contributed by atoms with Crippen LogP contribution in [0.4, 0.5) is 11.4 Å². The fraction of sp³-hybridized carbons (Fsp3) is 0.300. The number of nitrogens with zero attached hydrogens (tertiary/aromatic N) is 1. The molecule has 0 bridgehead atoms. The number of amides is 1. The minimum Gasteiger partial charge on any atom is -0.397 e. The lowest BCUT2D eigenvalue weighted by Gasteiger charge is -2.10. The highest BCUT2D eigenvalue weighted by atomic mass is 32.1. The van der Waals surface area contributed by atoms with Gasteiger partial charge in [0, 0.05) is 16.8 Å². The number of hydrogen-bond acceptors (Lipinski definition) is 4. The van der Waals surface area contributed by atoms with Crippen LogP contribution >= 0.6 is 11.3 Å². The van der Waals surface area contributed by atoms with E-state index in [0.29, 0.717) is 16.5 Å². The minimum atomic E-state index is -0.177. The molecule has 3 rings (SSSR count). The Labute approximate surface area is 152 Å². The zero-order chi connectivity index (χ0) is 18.1. The number of pyridine rings is 1. The number of carbonyl (C=O) groups is 1. The highest BCUT2D eigenvalue weighted by molar-refractivity contribution is 7.21. The molecular formula is C20H23N3OS. The molecule has 3 N–H and O–H groups in total. The van der Waals surface area contributed by atoms with Crippen molar-refractivity contribution in [3.05, 3.63) is 52.0 Å². The number of fused-ring (bicyclic) bond motifs is 1. The summed E-state index contributed by atoms with van der Waals surface area (Å²) in [5.41, 5.74) is 10.7. The molecule has 4 nitrogen and oxygen atoms in total. The maximum Gasteiger partial charge on any atom is 0.267 e. The highest BCUT2D eigenvalue weighted by Gasteiger charge is 2.19. The number of para-hydroxylation sites is 1. The van der Waals surface area contributed by atoms with E-state index in [2.05, 4.69) is 24.1 Å². The molecule has 0 saturated carbocycles. The maximum absolute atomic E-state index is 12.8. The molecule has 0 fully saturated rings. The first-order chi connectivity index (χ1) is 11.9. The predicted molar refractivity (Wildman–Crippen MR) is 106 cm³/mol. The fourth-order valence-corrected chi connectivity index (χ4v) is 3.93. The Morgan fingerprint density at radius 1 is 1.20 bits per heavy atom. The second kappa shape index (κ2) is 6.84. The van der Waals surface area contributed by atoms with Crippen LogP contribution in [0.1, 0.15) is 40.3 Å². The van der Waals surface area contributed by atoms with Gasteiger partial charge in [0.15, 0.2) is 0 Å². The number of anilines is 2. The quantitative estimate of drug-likeness (QED) is 0.697. The van der Waals surface area contributed by atoms with E-state index < -0.39 is 0 Å². The van der Waals surface area contributed by atoms with Crippen molar-refractivity contribution in [1.29, 1.82) is 0 Å². The number of nitrogen functional groups attached to an aromatic ring is 1. The van der Waals surface area contributed by atoms with E-state index >= 15 is 0 Å². The Morgan fingerprint density at radius 2 is 1.88 bits per heavy atom. The van der Waals surface area contributed by atoms with E-state index in [-0.39, 0.29) is 5.91 Å². The van der Waals surface area contributed by atoms with Gasteiger partial charge in [-0.05, 0) is 49.4 Å². The van der Waals surface area contributed by atoms with Crippen LogP contribution in [0.3, 0.4) is 0 Å². The van der Waals surface area contributed by atoms with Crippen LogP contribution < -0.4 is 11.1 Å². The van der Waals surface area contributed by atoms with Gasteiger partial charge in [-0.25, -0.2) is 4.98 Å². The first-order valence-electron chi connectivity index (χ1n) is 8.42. The third-order valence-corrected chi connectivity index (χ3v) is 5.31. The Balaban J connectivity index is 1.95. The van der Waals surface area contributed by atoms with Crippen LogP contribution in [-0.2, 0) is 6.42 Å². The molecule has 25 heavy (non-hydrogen) atoms. The number of carbonyl (C=O) groups excluding carboxylic acids is 1. The lowest BCUT2D eigenvalue weighted by atomic mass is 10.1. The van der Waals surface area contributed by atoms with Gasteiger partial charge in [-0.1, -0.05) is 32.0 Å². The lowest BCUT2D eigenvalue weighted by molar-refractivity contribution is 0.103. The standard InChI is InChI=1S/C20H23N3OS/c1-11(2)10-14-8-9-15-16(21)18(25-20(15)22-14)19(24)23-17-12(3)6-5-7-13(17)4/h5-9,11H,10,21H2,1-4H3,(H,23,24). The zero-order valence-corrected chi connectivity index (χ0v) is 15.8. The Bertz CT molecular complexity index is 923. The number of aromatic nitrogens is 1. The Kier molecular flexibility index (Phi) is 4.77. The van der Waals surface area contributed by atoms with E-state index in [9.17, 15) is 4.79 Å². The summed E-state index contributed by atoms with van der Waals surface area (Å²) in [5, 5.41) is 3.86. The molecule has 1 amide bonds.